The lowest BCUT2D eigenvalue weighted by Gasteiger charge is -2.09. The molecule has 1 aliphatic rings. The van der Waals surface area contributed by atoms with Gasteiger partial charge in [0.1, 0.15) is 23.7 Å². The number of hydrogen-bond donors (Lipinski definition) is 1. The molecule has 1 aromatic carbocycles. The monoisotopic (exact) mass is 313 g/mol. The highest BCUT2D eigenvalue weighted by molar-refractivity contribution is 5.51. The Kier molecular flexibility index (Phi) is 3.46. The Balaban J connectivity index is 1.66. The third-order valence-corrected chi connectivity index (χ3v) is 4.31. The van der Waals surface area contributed by atoms with Gasteiger partial charge >= 0.3 is 0 Å². The zero-order chi connectivity index (χ0) is 15.8. The lowest BCUT2D eigenvalue weighted by Crippen LogP contribution is -2.05. The Labute approximate surface area is 132 Å². The van der Waals surface area contributed by atoms with Crippen LogP contribution in [0.15, 0.2) is 30.7 Å². The van der Waals surface area contributed by atoms with E-state index in [1.807, 2.05) is 10.5 Å². The van der Waals surface area contributed by atoms with Crippen LogP contribution in [-0.4, -0.2) is 26.1 Å². The summed E-state index contributed by atoms with van der Waals surface area (Å²) in [5, 5.41) is 9.31. The van der Waals surface area contributed by atoms with E-state index < -0.39 is 0 Å². The van der Waals surface area contributed by atoms with E-state index in [0.717, 1.165) is 29.1 Å². The van der Waals surface area contributed by atoms with Crippen LogP contribution in [0.3, 0.4) is 0 Å². The fourth-order valence-electron chi connectivity index (χ4n) is 3.16. The molecule has 0 aliphatic carbocycles. The van der Waals surface area contributed by atoms with Gasteiger partial charge in [-0.25, -0.2) is 14.4 Å². The Morgan fingerprint density at radius 1 is 1.22 bits per heavy atom. The van der Waals surface area contributed by atoms with E-state index in [1.54, 1.807) is 18.6 Å². The second kappa shape index (κ2) is 5.62. The molecule has 1 aliphatic heterocycles. The first kappa shape index (κ1) is 14.1. The van der Waals surface area contributed by atoms with Gasteiger partial charge in [0.25, 0.3) is 0 Å². The molecule has 0 unspecified atom stereocenters. The number of aliphatic hydroxyl groups excluding tert-OH is 1. The second-order valence-electron chi connectivity index (χ2n) is 5.57. The zero-order valence-electron chi connectivity index (χ0n) is 12.5. The van der Waals surface area contributed by atoms with E-state index in [0.29, 0.717) is 30.7 Å². The molecular weight excluding hydrogens is 297 g/mol. The first-order valence-corrected chi connectivity index (χ1v) is 7.61. The molecular formula is C17H16FN3O2. The number of hydrogen-bond acceptors (Lipinski definition) is 4. The highest BCUT2D eigenvalue weighted by atomic mass is 19.1. The van der Waals surface area contributed by atoms with Crippen molar-refractivity contribution in [3.05, 3.63) is 59.2 Å². The van der Waals surface area contributed by atoms with Crippen molar-refractivity contribution in [2.45, 2.75) is 25.9 Å². The smallest absolute Gasteiger partial charge is 0.126 e. The number of rotatable bonds is 4. The molecule has 0 bridgehead atoms. The van der Waals surface area contributed by atoms with Gasteiger partial charge in [0.2, 0.25) is 0 Å². The standard InChI is InChI=1S/C17H16FN3O2/c18-13-2-3-16-12(6-8-23-16)11(13)1-4-17-19-7-5-15-14(9-22)20-10-21(15)17/h2-3,5,7,10,22H,1,4,6,8-9H2. The van der Waals surface area contributed by atoms with Crippen LogP contribution < -0.4 is 4.74 Å². The molecule has 0 atom stereocenters. The summed E-state index contributed by atoms with van der Waals surface area (Å²) >= 11 is 0. The Bertz CT molecular complexity index is 876. The van der Waals surface area contributed by atoms with Gasteiger partial charge in [-0.15, -0.1) is 0 Å². The maximum Gasteiger partial charge on any atom is 0.126 e. The topological polar surface area (TPSA) is 59.7 Å². The minimum atomic E-state index is -0.192. The molecule has 1 N–H and O–H groups in total. The van der Waals surface area contributed by atoms with Crippen molar-refractivity contribution in [1.29, 1.82) is 0 Å². The van der Waals surface area contributed by atoms with Gasteiger partial charge in [-0.1, -0.05) is 0 Å². The maximum atomic E-state index is 14.2. The third-order valence-electron chi connectivity index (χ3n) is 4.31. The average molecular weight is 313 g/mol. The van der Waals surface area contributed by atoms with E-state index in [1.165, 1.54) is 6.07 Å². The Hall–Kier alpha value is -2.47. The number of benzene rings is 1. The average Bonchev–Trinajstić information content (AvgIpc) is 3.20. The Morgan fingerprint density at radius 3 is 3.00 bits per heavy atom. The zero-order valence-corrected chi connectivity index (χ0v) is 12.5. The van der Waals surface area contributed by atoms with Crippen molar-refractivity contribution >= 4 is 5.52 Å². The van der Waals surface area contributed by atoms with Crippen LogP contribution >= 0.6 is 0 Å². The van der Waals surface area contributed by atoms with Crippen LogP contribution in [0.2, 0.25) is 0 Å². The molecule has 3 aromatic rings. The van der Waals surface area contributed by atoms with Crippen molar-refractivity contribution in [2.75, 3.05) is 6.61 Å². The van der Waals surface area contributed by atoms with Crippen molar-refractivity contribution in [3.63, 3.8) is 0 Å². The quantitative estimate of drug-likeness (QED) is 0.801. The highest BCUT2D eigenvalue weighted by Crippen LogP contribution is 2.30. The summed E-state index contributed by atoms with van der Waals surface area (Å²) in [4.78, 5) is 8.56. The first-order valence-electron chi connectivity index (χ1n) is 7.61. The number of aryl methyl sites for hydroxylation is 1. The van der Waals surface area contributed by atoms with Gasteiger partial charge in [0, 0.05) is 24.6 Å². The van der Waals surface area contributed by atoms with Crippen molar-refractivity contribution in [2.24, 2.45) is 0 Å². The van der Waals surface area contributed by atoms with E-state index >= 15 is 0 Å². The maximum absolute atomic E-state index is 14.2. The molecule has 6 heteroatoms. The number of aliphatic hydroxyl groups is 1. The molecule has 5 nitrogen and oxygen atoms in total. The van der Waals surface area contributed by atoms with Gasteiger partial charge in [-0.2, -0.15) is 0 Å². The van der Waals surface area contributed by atoms with Crippen LogP contribution in [-0.2, 0) is 25.9 Å². The van der Waals surface area contributed by atoms with Crippen LogP contribution in [0.5, 0.6) is 5.75 Å². The molecule has 3 heterocycles. The summed E-state index contributed by atoms with van der Waals surface area (Å²) in [6, 6.07) is 4.98. The number of imidazole rings is 1. The predicted molar refractivity (Wildman–Crippen MR) is 81.9 cm³/mol. The largest absolute Gasteiger partial charge is 0.493 e. The minimum Gasteiger partial charge on any atom is -0.493 e. The number of aromatic nitrogens is 3. The molecule has 0 radical (unpaired) electrons. The van der Waals surface area contributed by atoms with Crippen LogP contribution in [0.1, 0.15) is 22.6 Å². The number of nitrogens with zero attached hydrogens (tertiary/aromatic N) is 3. The summed E-state index contributed by atoms with van der Waals surface area (Å²) in [5.74, 6) is 1.39. The molecule has 0 saturated carbocycles. The van der Waals surface area contributed by atoms with Gasteiger partial charge < -0.3 is 9.84 Å². The fourth-order valence-corrected chi connectivity index (χ4v) is 3.16. The van der Waals surface area contributed by atoms with E-state index in [2.05, 4.69) is 9.97 Å². The number of ether oxygens (including phenoxy) is 1. The van der Waals surface area contributed by atoms with Crippen LogP contribution in [0, 0.1) is 5.82 Å². The van der Waals surface area contributed by atoms with Gasteiger partial charge in [0.15, 0.2) is 0 Å². The van der Waals surface area contributed by atoms with Crippen molar-refractivity contribution in [3.8, 4) is 5.75 Å². The van der Waals surface area contributed by atoms with E-state index in [-0.39, 0.29) is 12.4 Å². The van der Waals surface area contributed by atoms with E-state index in [9.17, 15) is 9.50 Å². The Morgan fingerprint density at radius 2 is 2.13 bits per heavy atom. The molecule has 4 rings (SSSR count). The van der Waals surface area contributed by atoms with Gasteiger partial charge in [-0.05, 0) is 30.2 Å². The van der Waals surface area contributed by atoms with Crippen molar-refractivity contribution < 1.29 is 14.2 Å². The summed E-state index contributed by atoms with van der Waals surface area (Å²) in [5.41, 5.74) is 3.13. The lowest BCUT2D eigenvalue weighted by atomic mass is 10.00. The molecule has 0 spiro atoms. The van der Waals surface area contributed by atoms with Crippen LogP contribution in [0.4, 0.5) is 4.39 Å². The summed E-state index contributed by atoms with van der Waals surface area (Å²) in [6.45, 7) is 0.499. The molecule has 118 valence electrons. The number of fused-ring (bicyclic) bond motifs is 2. The molecule has 0 saturated heterocycles. The second-order valence-corrected chi connectivity index (χ2v) is 5.57. The molecule has 2 aromatic heterocycles. The molecule has 0 fully saturated rings. The SMILES string of the molecule is OCc1ncn2c(CCc3c(F)ccc4c3CCO4)nccc12. The first-order chi connectivity index (χ1) is 11.3. The number of halogens is 1. The lowest BCUT2D eigenvalue weighted by molar-refractivity contribution is 0.279. The van der Waals surface area contributed by atoms with Gasteiger partial charge in [-0.3, -0.25) is 4.40 Å². The van der Waals surface area contributed by atoms with E-state index in [4.69, 9.17) is 4.74 Å². The summed E-state index contributed by atoms with van der Waals surface area (Å²) < 4.78 is 21.6. The minimum absolute atomic E-state index is 0.113. The molecule has 23 heavy (non-hydrogen) atoms. The third kappa shape index (κ3) is 2.35. The molecule has 0 amide bonds. The fraction of sp³-hybridized carbons (Fsp3) is 0.294. The normalized spacial score (nSPS) is 13.3. The summed E-state index contributed by atoms with van der Waals surface area (Å²) in [6.07, 6.45) is 5.24. The summed E-state index contributed by atoms with van der Waals surface area (Å²) in [7, 11) is 0. The van der Waals surface area contributed by atoms with Crippen LogP contribution in [0.25, 0.3) is 5.52 Å². The van der Waals surface area contributed by atoms with Crippen molar-refractivity contribution in [1.82, 2.24) is 14.4 Å². The van der Waals surface area contributed by atoms with Gasteiger partial charge in [0.05, 0.1) is 24.4 Å². The highest BCUT2D eigenvalue weighted by Gasteiger charge is 2.19. The predicted octanol–water partition coefficient (Wildman–Crippen LogP) is 2.08.